The molecular weight excluding hydrogens is 341 g/mol. The van der Waals surface area contributed by atoms with Crippen LogP contribution < -0.4 is 0 Å². The molecule has 0 N–H and O–H groups in total. The fourth-order valence-corrected chi connectivity index (χ4v) is 3.40. The van der Waals surface area contributed by atoms with Gasteiger partial charge in [0.15, 0.2) is 0 Å². The zero-order chi connectivity index (χ0) is 18.8. The van der Waals surface area contributed by atoms with E-state index in [2.05, 4.69) is 0 Å². The number of amides is 5. The number of halogens is 1. The fourth-order valence-electron chi connectivity index (χ4n) is 3.40. The van der Waals surface area contributed by atoms with Crippen LogP contribution >= 0.6 is 0 Å². The number of hydrogen-bond donors (Lipinski definition) is 0. The van der Waals surface area contributed by atoms with E-state index in [0.717, 1.165) is 17.7 Å². The van der Waals surface area contributed by atoms with Crippen molar-refractivity contribution in [3.63, 3.8) is 0 Å². The maximum absolute atomic E-state index is 13.2. The highest BCUT2D eigenvalue weighted by molar-refractivity contribution is 6.45. The third-order valence-electron chi connectivity index (χ3n) is 4.80. The number of urea groups is 1. The van der Waals surface area contributed by atoms with Crippen molar-refractivity contribution >= 4 is 23.8 Å². The summed E-state index contributed by atoms with van der Waals surface area (Å²) in [6, 6.07) is 4.83. The van der Waals surface area contributed by atoms with Gasteiger partial charge in [-0.05, 0) is 30.5 Å². The number of carbonyl (C=O) groups excluding carboxylic acids is 4. The molecule has 0 unspecified atom stereocenters. The Balaban J connectivity index is 1.65. The highest BCUT2D eigenvalue weighted by Crippen LogP contribution is 2.27. The Morgan fingerprint density at radius 2 is 1.88 bits per heavy atom. The molecular formula is C18H20FN3O4. The number of rotatable bonds is 5. The molecule has 3 rings (SSSR count). The van der Waals surface area contributed by atoms with E-state index < -0.39 is 36.1 Å². The standard InChI is InChI=1S/C18H20FN3O4/c1-20(10-12-5-4-6-13(19)9-12)15(23)11-21-16(24)17(25)22(18(21)26)14-7-2-3-8-14/h4-6,9,14H,2-3,7-8,10-11H2,1H3. The van der Waals surface area contributed by atoms with Crippen LogP contribution in [-0.4, -0.2) is 58.1 Å². The zero-order valence-corrected chi connectivity index (χ0v) is 14.5. The first-order valence-electron chi connectivity index (χ1n) is 8.56. The molecule has 5 amide bonds. The highest BCUT2D eigenvalue weighted by atomic mass is 19.1. The molecule has 138 valence electrons. The van der Waals surface area contributed by atoms with E-state index in [9.17, 15) is 23.6 Å². The fraction of sp³-hybridized carbons (Fsp3) is 0.444. The number of benzene rings is 1. The molecule has 26 heavy (non-hydrogen) atoms. The van der Waals surface area contributed by atoms with Gasteiger partial charge in [0, 0.05) is 19.6 Å². The Morgan fingerprint density at radius 3 is 2.54 bits per heavy atom. The summed E-state index contributed by atoms with van der Waals surface area (Å²) in [5.41, 5.74) is 0.587. The van der Waals surface area contributed by atoms with E-state index in [1.165, 1.54) is 30.1 Å². The van der Waals surface area contributed by atoms with Gasteiger partial charge in [-0.25, -0.2) is 14.1 Å². The van der Waals surface area contributed by atoms with Crippen molar-refractivity contribution in [2.45, 2.75) is 38.3 Å². The monoisotopic (exact) mass is 361 g/mol. The van der Waals surface area contributed by atoms with Gasteiger partial charge in [0.05, 0.1) is 0 Å². The Labute approximate surface area is 150 Å². The molecule has 0 radical (unpaired) electrons. The van der Waals surface area contributed by atoms with E-state index in [1.807, 2.05) is 0 Å². The number of nitrogens with zero attached hydrogens (tertiary/aromatic N) is 3. The van der Waals surface area contributed by atoms with Crippen LogP contribution in [0.15, 0.2) is 24.3 Å². The lowest BCUT2D eigenvalue weighted by molar-refractivity contribution is -0.145. The number of carbonyl (C=O) groups is 4. The van der Waals surface area contributed by atoms with Gasteiger partial charge < -0.3 is 4.90 Å². The van der Waals surface area contributed by atoms with Crippen molar-refractivity contribution in [2.75, 3.05) is 13.6 Å². The number of likely N-dealkylation sites (N-methyl/N-ethyl adjacent to an activating group) is 1. The largest absolute Gasteiger partial charge is 0.340 e. The molecule has 0 aromatic heterocycles. The molecule has 1 heterocycles. The van der Waals surface area contributed by atoms with Crippen molar-refractivity contribution < 1.29 is 23.6 Å². The first kappa shape index (κ1) is 18.0. The molecule has 2 aliphatic rings. The van der Waals surface area contributed by atoms with Gasteiger partial charge in [-0.2, -0.15) is 0 Å². The Morgan fingerprint density at radius 1 is 1.19 bits per heavy atom. The lowest BCUT2D eigenvalue weighted by Crippen LogP contribution is -2.43. The molecule has 1 saturated carbocycles. The van der Waals surface area contributed by atoms with E-state index >= 15 is 0 Å². The average molecular weight is 361 g/mol. The SMILES string of the molecule is CN(Cc1cccc(F)c1)C(=O)CN1C(=O)C(=O)N(C2CCCC2)C1=O. The second-order valence-corrected chi connectivity index (χ2v) is 6.67. The normalized spacial score (nSPS) is 18.2. The van der Waals surface area contributed by atoms with Crippen LogP contribution in [0.3, 0.4) is 0 Å². The van der Waals surface area contributed by atoms with Gasteiger partial charge in [0.1, 0.15) is 12.4 Å². The van der Waals surface area contributed by atoms with Gasteiger partial charge in [-0.3, -0.25) is 19.3 Å². The summed E-state index contributed by atoms with van der Waals surface area (Å²) in [5, 5.41) is 0. The van der Waals surface area contributed by atoms with E-state index in [0.29, 0.717) is 23.3 Å². The van der Waals surface area contributed by atoms with Crippen molar-refractivity contribution in [1.29, 1.82) is 0 Å². The average Bonchev–Trinajstić information content (AvgIpc) is 3.18. The third kappa shape index (κ3) is 3.44. The smallest absolute Gasteiger partial charge is 0.334 e. The highest BCUT2D eigenvalue weighted by Gasteiger charge is 2.48. The predicted octanol–water partition coefficient (Wildman–Crippen LogP) is 1.52. The van der Waals surface area contributed by atoms with E-state index in [4.69, 9.17) is 0 Å². The molecule has 1 saturated heterocycles. The molecule has 0 atom stereocenters. The molecule has 0 bridgehead atoms. The maximum Gasteiger partial charge on any atom is 0.334 e. The minimum atomic E-state index is -0.964. The molecule has 7 nitrogen and oxygen atoms in total. The Kier molecular flexibility index (Phi) is 5.01. The minimum absolute atomic E-state index is 0.132. The van der Waals surface area contributed by atoms with Crippen molar-refractivity contribution in [3.05, 3.63) is 35.6 Å². The van der Waals surface area contributed by atoms with Crippen LogP contribution in [-0.2, 0) is 20.9 Å². The summed E-state index contributed by atoms with van der Waals surface area (Å²) in [5.74, 6) is -2.74. The number of imide groups is 2. The number of hydrogen-bond acceptors (Lipinski definition) is 4. The van der Waals surface area contributed by atoms with E-state index in [-0.39, 0.29) is 12.6 Å². The van der Waals surface area contributed by atoms with Crippen molar-refractivity contribution in [1.82, 2.24) is 14.7 Å². The molecule has 1 aliphatic carbocycles. The molecule has 8 heteroatoms. The maximum atomic E-state index is 13.2. The quantitative estimate of drug-likeness (QED) is 0.588. The van der Waals surface area contributed by atoms with Crippen LogP contribution in [0.1, 0.15) is 31.2 Å². The first-order valence-corrected chi connectivity index (χ1v) is 8.56. The molecule has 1 aromatic rings. The molecule has 1 aliphatic heterocycles. The third-order valence-corrected chi connectivity index (χ3v) is 4.80. The summed E-state index contributed by atoms with van der Waals surface area (Å²) in [7, 11) is 1.49. The van der Waals surface area contributed by atoms with Crippen LogP contribution in [0.2, 0.25) is 0 Å². The second-order valence-electron chi connectivity index (χ2n) is 6.67. The zero-order valence-electron chi connectivity index (χ0n) is 14.5. The van der Waals surface area contributed by atoms with Gasteiger partial charge in [0.2, 0.25) is 5.91 Å². The second kappa shape index (κ2) is 7.23. The molecule has 2 fully saturated rings. The van der Waals surface area contributed by atoms with Crippen LogP contribution in [0.4, 0.5) is 9.18 Å². The van der Waals surface area contributed by atoms with E-state index in [1.54, 1.807) is 6.07 Å². The molecule has 1 aromatic carbocycles. The Hall–Kier alpha value is -2.77. The molecule has 0 spiro atoms. The summed E-state index contributed by atoms with van der Waals surface area (Å²) in [6.45, 7) is -0.370. The van der Waals surface area contributed by atoms with Gasteiger partial charge >= 0.3 is 17.8 Å². The summed E-state index contributed by atoms with van der Waals surface area (Å²) in [6.07, 6.45) is 3.19. The van der Waals surface area contributed by atoms with Crippen LogP contribution in [0.5, 0.6) is 0 Å². The summed E-state index contributed by atoms with van der Waals surface area (Å²) in [4.78, 5) is 52.1. The minimum Gasteiger partial charge on any atom is -0.340 e. The van der Waals surface area contributed by atoms with Gasteiger partial charge in [-0.15, -0.1) is 0 Å². The topological polar surface area (TPSA) is 78.0 Å². The predicted molar refractivity (Wildman–Crippen MR) is 89.1 cm³/mol. The van der Waals surface area contributed by atoms with Crippen molar-refractivity contribution in [2.24, 2.45) is 0 Å². The Bertz CT molecular complexity index is 761. The van der Waals surface area contributed by atoms with Gasteiger partial charge in [0.25, 0.3) is 0 Å². The first-order chi connectivity index (χ1) is 12.4. The lowest BCUT2D eigenvalue weighted by atomic mass is 10.2. The summed E-state index contributed by atoms with van der Waals surface area (Å²) >= 11 is 0. The lowest BCUT2D eigenvalue weighted by Gasteiger charge is -2.22. The van der Waals surface area contributed by atoms with Crippen LogP contribution in [0.25, 0.3) is 0 Å². The summed E-state index contributed by atoms with van der Waals surface area (Å²) < 4.78 is 13.2. The van der Waals surface area contributed by atoms with Gasteiger partial charge in [-0.1, -0.05) is 25.0 Å². The van der Waals surface area contributed by atoms with Crippen LogP contribution in [0, 0.1) is 5.82 Å². The van der Waals surface area contributed by atoms with Crippen molar-refractivity contribution in [3.8, 4) is 0 Å².